The van der Waals surface area contributed by atoms with Gasteiger partial charge < -0.3 is 0 Å². The van der Waals surface area contributed by atoms with Crippen molar-refractivity contribution in [2.45, 2.75) is 13.8 Å². The lowest BCUT2D eigenvalue weighted by molar-refractivity contribution is 1.36. The number of benzene rings is 3. The third kappa shape index (κ3) is 1.93. The van der Waals surface area contributed by atoms with E-state index in [9.17, 15) is 0 Å². The fraction of sp³-hybridized carbons (Fsp3) is 0.111. The molecule has 0 heterocycles. The average molecular weight is 267 g/mol. The Bertz CT molecular complexity index is 742. The maximum Gasteiger partial charge on any atom is 0.0516 e. The van der Waals surface area contributed by atoms with E-state index in [1.54, 1.807) is 0 Å². The van der Waals surface area contributed by atoms with Crippen molar-refractivity contribution < 1.29 is 0 Å². The van der Waals surface area contributed by atoms with E-state index in [4.69, 9.17) is 11.6 Å². The molecule has 0 aromatic heterocycles. The fourth-order valence-electron chi connectivity index (χ4n) is 2.63. The molecule has 0 saturated carbocycles. The molecule has 0 fully saturated rings. The van der Waals surface area contributed by atoms with Crippen LogP contribution in [0.2, 0.25) is 5.02 Å². The predicted molar refractivity (Wildman–Crippen MR) is 83.9 cm³/mol. The summed E-state index contributed by atoms with van der Waals surface area (Å²) in [5, 5.41) is 3.22. The van der Waals surface area contributed by atoms with Crippen LogP contribution < -0.4 is 0 Å². The van der Waals surface area contributed by atoms with Crippen LogP contribution in [-0.4, -0.2) is 0 Å². The lowest BCUT2D eigenvalue weighted by atomic mass is 9.91. The Morgan fingerprint density at radius 1 is 0.684 bits per heavy atom. The molecule has 0 radical (unpaired) electrons. The van der Waals surface area contributed by atoms with Gasteiger partial charge in [-0.1, -0.05) is 66.2 Å². The van der Waals surface area contributed by atoms with Crippen molar-refractivity contribution in [1.29, 1.82) is 0 Å². The van der Waals surface area contributed by atoms with Gasteiger partial charge in [0.1, 0.15) is 0 Å². The molecule has 0 amide bonds. The molecule has 94 valence electrons. The van der Waals surface area contributed by atoms with Crippen molar-refractivity contribution in [3.63, 3.8) is 0 Å². The molecule has 0 aliphatic heterocycles. The second-order valence-corrected chi connectivity index (χ2v) is 5.23. The molecule has 0 bridgehead atoms. The molecule has 1 heteroatoms. The van der Waals surface area contributed by atoms with Crippen LogP contribution in [0.3, 0.4) is 0 Å². The second-order valence-electron chi connectivity index (χ2n) is 4.85. The molecule has 0 aliphatic rings. The van der Waals surface area contributed by atoms with E-state index in [1.807, 2.05) is 12.1 Å². The Morgan fingerprint density at radius 3 is 1.95 bits per heavy atom. The van der Waals surface area contributed by atoms with Crippen LogP contribution in [0.1, 0.15) is 11.1 Å². The van der Waals surface area contributed by atoms with Gasteiger partial charge in [-0.2, -0.15) is 0 Å². The molecule has 0 spiro atoms. The molecule has 0 atom stereocenters. The molecule has 0 saturated heterocycles. The van der Waals surface area contributed by atoms with Crippen LogP contribution in [0.5, 0.6) is 0 Å². The van der Waals surface area contributed by atoms with E-state index < -0.39 is 0 Å². The summed E-state index contributed by atoms with van der Waals surface area (Å²) >= 11 is 6.49. The summed E-state index contributed by atoms with van der Waals surface area (Å²) in [7, 11) is 0. The minimum Gasteiger partial charge on any atom is -0.0834 e. The van der Waals surface area contributed by atoms with Crippen LogP contribution in [0, 0.1) is 13.8 Å². The normalized spacial score (nSPS) is 10.9. The lowest BCUT2D eigenvalue weighted by Crippen LogP contribution is -1.92. The van der Waals surface area contributed by atoms with Crippen molar-refractivity contribution in [2.24, 2.45) is 0 Å². The van der Waals surface area contributed by atoms with E-state index in [0.717, 1.165) is 10.4 Å². The summed E-state index contributed by atoms with van der Waals surface area (Å²) in [5.74, 6) is 0. The molecular weight excluding hydrogens is 252 g/mol. The van der Waals surface area contributed by atoms with Gasteiger partial charge in [-0.25, -0.2) is 0 Å². The van der Waals surface area contributed by atoms with Crippen molar-refractivity contribution in [2.75, 3.05) is 0 Å². The zero-order valence-electron chi connectivity index (χ0n) is 11.1. The van der Waals surface area contributed by atoms with E-state index in [0.29, 0.717) is 0 Å². The maximum atomic E-state index is 6.49. The zero-order chi connectivity index (χ0) is 13.4. The molecule has 0 aliphatic carbocycles. The first-order valence-corrected chi connectivity index (χ1v) is 6.80. The first-order chi connectivity index (χ1) is 9.20. The number of hydrogen-bond acceptors (Lipinski definition) is 0. The SMILES string of the molecule is Cc1c(C)c(-c2ccccc2)c2ccccc2c1Cl. The van der Waals surface area contributed by atoms with E-state index in [2.05, 4.69) is 56.3 Å². The maximum absolute atomic E-state index is 6.49. The lowest BCUT2D eigenvalue weighted by Gasteiger charge is -2.15. The Kier molecular flexibility index (Phi) is 3.04. The third-order valence-corrected chi connectivity index (χ3v) is 4.25. The van der Waals surface area contributed by atoms with E-state index >= 15 is 0 Å². The Labute approximate surface area is 118 Å². The zero-order valence-corrected chi connectivity index (χ0v) is 11.8. The van der Waals surface area contributed by atoms with Crippen molar-refractivity contribution in [3.05, 3.63) is 70.7 Å². The fourth-order valence-corrected chi connectivity index (χ4v) is 2.93. The summed E-state index contributed by atoms with van der Waals surface area (Å²) in [6.45, 7) is 4.24. The molecule has 0 nitrogen and oxygen atoms in total. The quantitative estimate of drug-likeness (QED) is 0.524. The molecule has 3 rings (SSSR count). The number of rotatable bonds is 1. The van der Waals surface area contributed by atoms with Gasteiger partial charge in [-0.05, 0) is 41.5 Å². The molecule has 3 aromatic rings. The Hall–Kier alpha value is -1.79. The molecule has 0 N–H and O–H groups in total. The van der Waals surface area contributed by atoms with Gasteiger partial charge in [0.15, 0.2) is 0 Å². The monoisotopic (exact) mass is 266 g/mol. The minimum atomic E-state index is 0.868. The van der Waals surface area contributed by atoms with Gasteiger partial charge in [0, 0.05) is 5.39 Å². The van der Waals surface area contributed by atoms with Crippen LogP contribution in [0.25, 0.3) is 21.9 Å². The largest absolute Gasteiger partial charge is 0.0834 e. The van der Waals surface area contributed by atoms with Crippen molar-refractivity contribution in [3.8, 4) is 11.1 Å². The number of halogens is 1. The average Bonchev–Trinajstić information content (AvgIpc) is 2.46. The van der Waals surface area contributed by atoms with Gasteiger partial charge in [-0.3, -0.25) is 0 Å². The molecule has 19 heavy (non-hydrogen) atoms. The first kappa shape index (κ1) is 12.3. The topological polar surface area (TPSA) is 0 Å². The van der Waals surface area contributed by atoms with Crippen LogP contribution >= 0.6 is 11.6 Å². The Balaban J connectivity index is 2.48. The van der Waals surface area contributed by atoms with E-state index in [1.165, 1.54) is 27.6 Å². The van der Waals surface area contributed by atoms with Crippen molar-refractivity contribution in [1.82, 2.24) is 0 Å². The molecule has 0 unspecified atom stereocenters. The van der Waals surface area contributed by atoms with E-state index in [-0.39, 0.29) is 0 Å². The van der Waals surface area contributed by atoms with Gasteiger partial charge >= 0.3 is 0 Å². The number of fused-ring (bicyclic) bond motifs is 1. The standard InChI is InChI=1S/C18H15Cl/c1-12-13(2)18(19)16-11-7-6-10-15(16)17(12)14-8-4-3-5-9-14/h3-11H,1-2H3. The highest BCUT2D eigenvalue weighted by Crippen LogP contribution is 2.38. The molecular formula is C18H15Cl. The summed E-state index contributed by atoms with van der Waals surface area (Å²) in [6, 6.07) is 18.9. The van der Waals surface area contributed by atoms with Gasteiger partial charge in [-0.15, -0.1) is 0 Å². The smallest absolute Gasteiger partial charge is 0.0516 e. The minimum absolute atomic E-state index is 0.868. The second kappa shape index (κ2) is 4.71. The highest BCUT2D eigenvalue weighted by molar-refractivity contribution is 6.37. The Morgan fingerprint density at radius 2 is 1.26 bits per heavy atom. The highest BCUT2D eigenvalue weighted by Gasteiger charge is 2.13. The van der Waals surface area contributed by atoms with Crippen LogP contribution in [-0.2, 0) is 0 Å². The van der Waals surface area contributed by atoms with Crippen molar-refractivity contribution >= 4 is 22.4 Å². The summed E-state index contributed by atoms with van der Waals surface area (Å²) in [5.41, 5.74) is 4.96. The summed E-state index contributed by atoms with van der Waals surface area (Å²) in [6.07, 6.45) is 0. The van der Waals surface area contributed by atoms with Crippen LogP contribution in [0.4, 0.5) is 0 Å². The van der Waals surface area contributed by atoms with Gasteiger partial charge in [0.25, 0.3) is 0 Å². The number of hydrogen-bond donors (Lipinski definition) is 0. The highest BCUT2D eigenvalue weighted by atomic mass is 35.5. The van der Waals surface area contributed by atoms with Gasteiger partial charge in [0.2, 0.25) is 0 Å². The predicted octanol–water partition coefficient (Wildman–Crippen LogP) is 5.78. The first-order valence-electron chi connectivity index (χ1n) is 6.43. The summed E-state index contributed by atoms with van der Waals surface area (Å²) in [4.78, 5) is 0. The van der Waals surface area contributed by atoms with Gasteiger partial charge in [0.05, 0.1) is 5.02 Å². The summed E-state index contributed by atoms with van der Waals surface area (Å²) < 4.78 is 0. The van der Waals surface area contributed by atoms with Crippen LogP contribution in [0.15, 0.2) is 54.6 Å². The molecule has 3 aromatic carbocycles. The third-order valence-electron chi connectivity index (χ3n) is 3.76.